The zero-order valence-electron chi connectivity index (χ0n) is 14.8. The number of hydrogen-bond donors (Lipinski definition) is 0. The molecule has 1 nitrogen and oxygen atoms in total. The minimum absolute atomic E-state index is 0.656. The van der Waals surface area contributed by atoms with Crippen LogP contribution in [0.1, 0.15) is 36.1 Å². The van der Waals surface area contributed by atoms with E-state index in [0.717, 1.165) is 18.5 Å². The third-order valence-corrected chi connectivity index (χ3v) is 4.32. The van der Waals surface area contributed by atoms with E-state index >= 15 is 0 Å². The van der Waals surface area contributed by atoms with Gasteiger partial charge in [0.25, 0.3) is 0 Å². The van der Waals surface area contributed by atoms with Crippen LogP contribution in [0, 0.1) is 12.8 Å². The second-order valence-corrected chi connectivity index (χ2v) is 6.96. The van der Waals surface area contributed by atoms with Gasteiger partial charge in [0.1, 0.15) is 0 Å². The SMILES string of the molecule is Cc1cnc(-c2cccc(Cc3ccccc3)c2)cc1CC(C)C. The van der Waals surface area contributed by atoms with E-state index in [9.17, 15) is 0 Å². The molecular weight excluding hydrogens is 290 g/mol. The molecule has 0 aliphatic carbocycles. The van der Waals surface area contributed by atoms with Crippen LogP contribution < -0.4 is 0 Å². The molecule has 0 atom stereocenters. The molecule has 1 aromatic heterocycles. The number of nitrogens with zero attached hydrogens (tertiary/aromatic N) is 1. The van der Waals surface area contributed by atoms with Crippen LogP contribution in [0.25, 0.3) is 11.3 Å². The quantitative estimate of drug-likeness (QED) is 0.576. The minimum atomic E-state index is 0.656. The first-order valence-corrected chi connectivity index (χ1v) is 8.70. The highest BCUT2D eigenvalue weighted by Gasteiger charge is 2.07. The van der Waals surface area contributed by atoms with Gasteiger partial charge in [-0.2, -0.15) is 0 Å². The highest BCUT2D eigenvalue weighted by molar-refractivity contribution is 5.61. The number of aromatic nitrogens is 1. The first kappa shape index (κ1) is 16.4. The smallest absolute Gasteiger partial charge is 0.0705 e. The topological polar surface area (TPSA) is 12.9 Å². The molecular formula is C23H25N. The molecule has 0 saturated heterocycles. The Morgan fingerprint density at radius 1 is 0.875 bits per heavy atom. The average molecular weight is 315 g/mol. The standard InChI is InChI=1S/C23H25N/c1-17(2)12-22-15-23(24-16-18(22)3)21-11-7-10-20(14-21)13-19-8-5-4-6-9-19/h4-11,14-17H,12-13H2,1-3H3. The lowest BCUT2D eigenvalue weighted by Gasteiger charge is -2.11. The molecule has 2 aromatic carbocycles. The summed E-state index contributed by atoms with van der Waals surface area (Å²) in [6, 6.07) is 21.6. The molecule has 0 unspecified atom stereocenters. The predicted molar refractivity (Wildman–Crippen MR) is 102 cm³/mol. The lowest BCUT2D eigenvalue weighted by atomic mass is 9.97. The summed E-state index contributed by atoms with van der Waals surface area (Å²) < 4.78 is 0. The van der Waals surface area contributed by atoms with Gasteiger partial charge in [0, 0.05) is 11.8 Å². The summed E-state index contributed by atoms with van der Waals surface area (Å²) in [6.45, 7) is 6.68. The Kier molecular flexibility index (Phi) is 5.10. The van der Waals surface area contributed by atoms with E-state index in [4.69, 9.17) is 0 Å². The zero-order valence-corrected chi connectivity index (χ0v) is 14.8. The summed E-state index contributed by atoms with van der Waals surface area (Å²) in [5, 5.41) is 0. The van der Waals surface area contributed by atoms with Crippen LogP contribution in [-0.4, -0.2) is 4.98 Å². The van der Waals surface area contributed by atoms with Crippen molar-refractivity contribution in [2.45, 2.75) is 33.6 Å². The maximum atomic E-state index is 4.66. The third-order valence-electron chi connectivity index (χ3n) is 4.32. The molecule has 1 heterocycles. The van der Waals surface area contributed by atoms with Crippen molar-refractivity contribution in [3.05, 3.63) is 89.1 Å². The Morgan fingerprint density at radius 3 is 2.38 bits per heavy atom. The summed E-state index contributed by atoms with van der Waals surface area (Å²) in [5.74, 6) is 0.656. The van der Waals surface area contributed by atoms with Crippen molar-refractivity contribution in [3.63, 3.8) is 0 Å². The molecule has 0 aliphatic rings. The van der Waals surface area contributed by atoms with Gasteiger partial charge in [-0.1, -0.05) is 62.4 Å². The van der Waals surface area contributed by atoms with Crippen LogP contribution in [0.2, 0.25) is 0 Å². The summed E-state index contributed by atoms with van der Waals surface area (Å²) in [7, 11) is 0. The molecule has 0 spiro atoms. The van der Waals surface area contributed by atoms with Crippen LogP contribution in [0.3, 0.4) is 0 Å². The molecule has 3 rings (SSSR count). The van der Waals surface area contributed by atoms with Crippen molar-refractivity contribution in [2.75, 3.05) is 0 Å². The van der Waals surface area contributed by atoms with E-state index in [1.165, 1.54) is 27.8 Å². The number of pyridine rings is 1. The van der Waals surface area contributed by atoms with Gasteiger partial charge >= 0.3 is 0 Å². The largest absolute Gasteiger partial charge is 0.256 e. The summed E-state index contributed by atoms with van der Waals surface area (Å²) in [5.41, 5.74) is 7.63. The van der Waals surface area contributed by atoms with E-state index < -0.39 is 0 Å². The third kappa shape index (κ3) is 4.11. The van der Waals surface area contributed by atoms with E-state index in [1.54, 1.807) is 0 Å². The lowest BCUT2D eigenvalue weighted by molar-refractivity contribution is 0.644. The molecule has 0 radical (unpaired) electrons. The Labute approximate surface area is 145 Å². The molecule has 1 heteroatoms. The van der Waals surface area contributed by atoms with Crippen molar-refractivity contribution in [1.29, 1.82) is 0 Å². The maximum absolute atomic E-state index is 4.66. The highest BCUT2D eigenvalue weighted by atomic mass is 14.7. The van der Waals surface area contributed by atoms with Crippen molar-refractivity contribution in [3.8, 4) is 11.3 Å². The van der Waals surface area contributed by atoms with E-state index in [-0.39, 0.29) is 0 Å². The fourth-order valence-electron chi connectivity index (χ4n) is 3.06. The normalized spacial score (nSPS) is 11.0. The summed E-state index contributed by atoms with van der Waals surface area (Å²) in [4.78, 5) is 4.66. The second-order valence-electron chi connectivity index (χ2n) is 6.96. The van der Waals surface area contributed by atoms with Crippen molar-refractivity contribution in [1.82, 2.24) is 4.98 Å². The van der Waals surface area contributed by atoms with Crippen LogP contribution in [0.5, 0.6) is 0 Å². The van der Waals surface area contributed by atoms with E-state index in [0.29, 0.717) is 5.92 Å². The van der Waals surface area contributed by atoms with Gasteiger partial charge in [-0.05, 0) is 60.1 Å². The second kappa shape index (κ2) is 7.44. The molecule has 0 aliphatic heterocycles. The van der Waals surface area contributed by atoms with Gasteiger partial charge in [0.2, 0.25) is 0 Å². The zero-order chi connectivity index (χ0) is 16.9. The monoisotopic (exact) mass is 315 g/mol. The number of aryl methyl sites for hydroxylation is 1. The Bertz CT molecular complexity index is 803. The number of benzene rings is 2. The first-order chi connectivity index (χ1) is 11.6. The van der Waals surface area contributed by atoms with Crippen LogP contribution >= 0.6 is 0 Å². The molecule has 122 valence electrons. The van der Waals surface area contributed by atoms with Gasteiger partial charge in [0.15, 0.2) is 0 Å². The maximum Gasteiger partial charge on any atom is 0.0705 e. The lowest BCUT2D eigenvalue weighted by Crippen LogP contribution is -1.99. The van der Waals surface area contributed by atoms with E-state index in [2.05, 4.69) is 86.4 Å². The van der Waals surface area contributed by atoms with Crippen LogP contribution in [0.4, 0.5) is 0 Å². The fraction of sp³-hybridized carbons (Fsp3) is 0.261. The predicted octanol–water partition coefficient (Wildman–Crippen LogP) is 5.85. The fourth-order valence-corrected chi connectivity index (χ4v) is 3.06. The number of rotatable bonds is 5. The molecule has 0 fully saturated rings. The van der Waals surface area contributed by atoms with Gasteiger partial charge in [-0.15, -0.1) is 0 Å². The Balaban J connectivity index is 1.88. The van der Waals surface area contributed by atoms with Crippen molar-refractivity contribution >= 4 is 0 Å². The Hall–Kier alpha value is -2.41. The highest BCUT2D eigenvalue weighted by Crippen LogP contribution is 2.23. The van der Waals surface area contributed by atoms with Crippen molar-refractivity contribution in [2.24, 2.45) is 5.92 Å². The summed E-state index contributed by atoms with van der Waals surface area (Å²) in [6.07, 6.45) is 4.07. The molecule has 0 amide bonds. The van der Waals surface area contributed by atoms with Crippen LogP contribution in [0.15, 0.2) is 66.9 Å². The molecule has 0 bridgehead atoms. The van der Waals surface area contributed by atoms with Crippen molar-refractivity contribution < 1.29 is 0 Å². The van der Waals surface area contributed by atoms with Gasteiger partial charge in [-0.3, -0.25) is 4.98 Å². The molecule has 0 saturated carbocycles. The minimum Gasteiger partial charge on any atom is -0.256 e. The molecule has 0 N–H and O–H groups in total. The van der Waals surface area contributed by atoms with Gasteiger partial charge in [0.05, 0.1) is 5.69 Å². The summed E-state index contributed by atoms with van der Waals surface area (Å²) >= 11 is 0. The number of hydrogen-bond acceptors (Lipinski definition) is 1. The van der Waals surface area contributed by atoms with E-state index in [1.807, 2.05) is 6.20 Å². The van der Waals surface area contributed by atoms with Gasteiger partial charge in [-0.25, -0.2) is 0 Å². The van der Waals surface area contributed by atoms with Crippen LogP contribution in [-0.2, 0) is 12.8 Å². The molecule has 3 aromatic rings. The first-order valence-electron chi connectivity index (χ1n) is 8.70. The van der Waals surface area contributed by atoms with Gasteiger partial charge < -0.3 is 0 Å². The Morgan fingerprint density at radius 2 is 1.62 bits per heavy atom. The average Bonchev–Trinajstić information content (AvgIpc) is 2.58. The molecule has 24 heavy (non-hydrogen) atoms.